The van der Waals surface area contributed by atoms with E-state index in [0.717, 1.165) is 19.3 Å². The number of alkyl halides is 5. The van der Waals surface area contributed by atoms with Gasteiger partial charge in [-0.2, -0.15) is 22.0 Å². The van der Waals surface area contributed by atoms with Gasteiger partial charge in [-0.1, -0.05) is 13.3 Å². The average Bonchev–Trinajstić information content (AvgIpc) is 2.69. The number of benzene rings is 1. The van der Waals surface area contributed by atoms with Crippen molar-refractivity contribution < 1.29 is 35.9 Å². The van der Waals surface area contributed by atoms with Crippen molar-refractivity contribution in [2.75, 3.05) is 12.4 Å². The Morgan fingerprint density at radius 3 is 2.48 bits per heavy atom. The summed E-state index contributed by atoms with van der Waals surface area (Å²) in [5.74, 6) is -4.59. The molecule has 1 aromatic carbocycles. The molecular weight excluding hydrogens is 443 g/mol. The first-order chi connectivity index (χ1) is 14.6. The molecule has 0 amide bonds. The van der Waals surface area contributed by atoms with Crippen LogP contribution in [0.2, 0.25) is 0 Å². The van der Waals surface area contributed by atoms with E-state index in [2.05, 4.69) is 4.74 Å². The lowest BCUT2D eigenvalue weighted by atomic mass is 9.95. The minimum absolute atomic E-state index is 0.0118. The van der Waals surface area contributed by atoms with Gasteiger partial charge in [0.25, 0.3) is 6.47 Å². The maximum atomic E-state index is 14.1. The molecule has 0 saturated carbocycles. The van der Waals surface area contributed by atoms with Gasteiger partial charge >= 0.3 is 17.7 Å². The lowest BCUT2D eigenvalue weighted by Crippen LogP contribution is -2.39. The van der Waals surface area contributed by atoms with Gasteiger partial charge in [-0.15, -0.1) is 11.8 Å². The topological polar surface area (TPSA) is 56.5 Å². The summed E-state index contributed by atoms with van der Waals surface area (Å²) in [5, 5.41) is 0.0855. The second kappa shape index (κ2) is 11.0. The molecule has 1 aromatic heterocycles. The smallest absolute Gasteiger partial charge is 0.458 e. The highest BCUT2D eigenvalue weighted by Gasteiger charge is 2.61. The van der Waals surface area contributed by atoms with Crippen molar-refractivity contribution in [3.63, 3.8) is 0 Å². The Hall–Kier alpha value is -2.10. The molecule has 4 nitrogen and oxygen atoms in total. The molecule has 0 atom stereocenters. The summed E-state index contributed by atoms with van der Waals surface area (Å²) >= 11 is 1.44. The van der Waals surface area contributed by atoms with Crippen LogP contribution < -0.4 is 5.63 Å². The molecule has 172 valence electrons. The number of hydrogen-bond donors (Lipinski definition) is 0. The van der Waals surface area contributed by atoms with Crippen LogP contribution >= 0.6 is 11.8 Å². The van der Waals surface area contributed by atoms with E-state index in [1.165, 1.54) is 23.9 Å². The zero-order valence-corrected chi connectivity index (χ0v) is 17.7. The first-order valence-electron chi connectivity index (χ1n) is 9.86. The molecule has 0 N–H and O–H groups in total. The van der Waals surface area contributed by atoms with Crippen molar-refractivity contribution >= 4 is 29.2 Å². The van der Waals surface area contributed by atoms with Crippen molar-refractivity contribution in [2.24, 2.45) is 0 Å². The summed E-state index contributed by atoms with van der Waals surface area (Å²) < 4.78 is 76.7. The van der Waals surface area contributed by atoms with Crippen molar-refractivity contribution in [1.29, 1.82) is 0 Å². The molecule has 0 unspecified atom stereocenters. The largest absolute Gasteiger partial charge is 0.468 e. The Balaban J connectivity index is 2.32. The first kappa shape index (κ1) is 25.2. The van der Waals surface area contributed by atoms with Gasteiger partial charge in [-0.25, -0.2) is 4.79 Å². The van der Waals surface area contributed by atoms with Crippen LogP contribution in [0.5, 0.6) is 0 Å². The summed E-state index contributed by atoms with van der Waals surface area (Å²) in [6, 6.07) is 4.54. The molecule has 0 spiro atoms. The maximum Gasteiger partial charge on any atom is 0.458 e. The van der Waals surface area contributed by atoms with Crippen molar-refractivity contribution in [3.8, 4) is 0 Å². The second-order valence-corrected chi connectivity index (χ2v) is 8.12. The average molecular weight is 466 g/mol. The molecule has 2 aromatic rings. The van der Waals surface area contributed by atoms with E-state index in [1.54, 1.807) is 13.0 Å². The van der Waals surface area contributed by atoms with E-state index in [4.69, 9.17) is 4.42 Å². The molecule has 0 bridgehead atoms. The quantitative estimate of drug-likeness (QED) is 0.122. The summed E-state index contributed by atoms with van der Waals surface area (Å²) in [4.78, 5) is 23.0. The fourth-order valence-corrected chi connectivity index (χ4v) is 4.05. The Morgan fingerprint density at radius 1 is 1.10 bits per heavy atom. The number of fused-ring (bicyclic) bond motifs is 1. The van der Waals surface area contributed by atoms with Crippen molar-refractivity contribution in [3.05, 3.63) is 39.7 Å². The number of carbonyl (C=O) groups excluding carboxylic acids is 1. The van der Waals surface area contributed by atoms with Crippen LogP contribution in [-0.2, 0) is 21.9 Å². The van der Waals surface area contributed by atoms with Crippen LogP contribution in [0.3, 0.4) is 0 Å². The highest BCUT2D eigenvalue weighted by molar-refractivity contribution is 7.99. The molecule has 0 fully saturated rings. The first-order valence-corrected chi connectivity index (χ1v) is 10.8. The van der Waals surface area contributed by atoms with Crippen LogP contribution in [0.25, 0.3) is 11.0 Å². The highest BCUT2D eigenvalue weighted by Crippen LogP contribution is 2.45. The number of halogens is 5. The Morgan fingerprint density at radius 2 is 1.84 bits per heavy atom. The summed E-state index contributed by atoms with van der Waals surface area (Å²) in [5.41, 5.74) is -3.62. The number of unbranched alkanes of at least 4 members (excludes halogenated alkanes) is 3. The highest BCUT2D eigenvalue weighted by atomic mass is 32.2. The molecule has 10 heteroatoms. The van der Waals surface area contributed by atoms with Gasteiger partial charge < -0.3 is 9.15 Å². The lowest BCUT2D eigenvalue weighted by molar-refractivity contribution is -0.290. The van der Waals surface area contributed by atoms with Crippen LogP contribution in [0.15, 0.2) is 32.3 Å². The van der Waals surface area contributed by atoms with Crippen LogP contribution in [0.4, 0.5) is 22.0 Å². The zero-order valence-electron chi connectivity index (χ0n) is 16.9. The molecule has 0 radical (unpaired) electrons. The van der Waals surface area contributed by atoms with Crippen molar-refractivity contribution in [1.82, 2.24) is 0 Å². The van der Waals surface area contributed by atoms with E-state index >= 15 is 0 Å². The van der Waals surface area contributed by atoms with E-state index in [1.807, 2.05) is 0 Å². The van der Waals surface area contributed by atoms with Crippen LogP contribution in [0, 0.1) is 0 Å². The number of rotatable bonds is 12. The summed E-state index contributed by atoms with van der Waals surface area (Å²) in [7, 11) is 0. The predicted octanol–water partition coefficient (Wildman–Crippen LogP) is 6.23. The molecule has 0 saturated heterocycles. The second-order valence-electron chi connectivity index (χ2n) is 6.95. The van der Waals surface area contributed by atoms with Crippen molar-refractivity contribution in [2.45, 2.75) is 62.4 Å². The van der Waals surface area contributed by atoms with E-state index in [9.17, 15) is 31.5 Å². The zero-order chi connectivity index (χ0) is 23.1. The van der Waals surface area contributed by atoms with Gasteiger partial charge in [0.15, 0.2) is 0 Å². The Bertz CT molecular complexity index is 940. The third kappa shape index (κ3) is 6.21. The third-order valence-electron chi connectivity index (χ3n) is 4.68. The molecule has 0 aliphatic rings. The number of hydrogen-bond acceptors (Lipinski definition) is 5. The maximum absolute atomic E-state index is 14.1. The Labute approximate surface area is 180 Å². The van der Waals surface area contributed by atoms with Gasteiger partial charge in [-0.05, 0) is 61.6 Å². The van der Waals surface area contributed by atoms with E-state index in [0.29, 0.717) is 36.6 Å². The predicted molar refractivity (Wildman–Crippen MR) is 108 cm³/mol. The molecule has 1 heterocycles. The van der Waals surface area contributed by atoms with Gasteiger partial charge in [-0.3, -0.25) is 4.79 Å². The number of ether oxygens (including phenoxy) is 1. The number of thioether (sulfide) groups is 1. The van der Waals surface area contributed by atoms with Gasteiger partial charge in [0.2, 0.25) is 0 Å². The fourth-order valence-electron chi connectivity index (χ4n) is 3.11. The minimum atomic E-state index is -5.90. The van der Waals surface area contributed by atoms with Gasteiger partial charge in [0.1, 0.15) is 11.1 Å². The van der Waals surface area contributed by atoms with Crippen LogP contribution in [-0.4, -0.2) is 25.0 Å². The molecule has 2 rings (SSSR count). The molecule has 31 heavy (non-hydrogen) atoms. The number of aryl methyl sites for hydroxylation is 1. The fraction of sp³-hybridized carbons (Fsp3) is 0.524. The standard InChI is InChI=1S/C21H23F5O4S/c1-2-3-7-16-15-9-8-14(31-11-6-4-5-10-29-13-27)12-17(15)30-19(28)18(16)20(22,23)21(24,25)26/h8-9,12-13H,2-7,10-11H2,1H3. The number of carbonyl (C=O) groups is 1. The lowest BCUT2D eigenvalue weighted by Gasteiger charge is -2.22. The third-order valence-corrected chi connectivity index (χ3v) is 5.76. The summed E-state index contributed by atoms with van der Waals surface area (Å²) in [6.45, 7) is 2.51. The van der Waals surface area contributed by atoms with Gasteiger partial charge in [0, 0.05) is 10.3 Å². The van der Waals surface area contributed by atoms with Gasteiger partial charge in [0.05, 0.1) is 6.61 Å². The van der Waals surface area contributed by atoms with E-state index < -0.39 is 23.3 Å². The molecule has 0 aliphatic carbocycles. The van der Waals surface area contributed by atoms with E-state index in [-0.39, 0.29) is 23.0 Å². The minimum Gasteiger partial charge on any atom is -0.468 e. The SMILES string of the molecule is CCCCc1c(C(F)(F)C(F)(F)F)c(=O)oc2cc(SCCCCCOC=O)ccc12. The normalized spacial score (nSPS) is 12.3. The summed E-state index contributed by atoms with van der Waals surface area (Å²) in [6.07, 6.45) is -2.69. The molecule has 0 aliphatic heterocycles. The Kier molecular flexibility index (Phi) is 8.90. The molecular formula is C21H23F5O4S. The van der Waals surface area contributed by atoms with Crippen LogP contribution in [0.1, 0.15) is 50.2 Å². The monoisotopic (exact) mass is 466 g/mol.